The third-order valence-electron chi connectivity index (χ3n) is 1.99. The van der Waals surface area contributed by atoms with Crippen molar-refractivity contribution >= 4 is 17.3 Å². The van der Waals surface area contributed by atoms with Crippen LogP contribution in [-0.2, 0) is 5.88 Å². The minimum Gasteiger partial charge on any atom is -0.378 e. The number of hydrogen-bond acceptors (Lipinski definition) is 1. The third-order valence-corrected chi connectivity index (χ3v) is 2.27. The lowest BCUT2D eigenvalue weighted by Crippen LogP contribution is -2.08. The molecule has 66 valence electrons. The van der Waals surface area contributed by atoms with Crippen LogP contribution in [0.15, 0.2) is 18.2 Å². The monoisotopic (exact) mass is 183 g/mol. The molecule has 2 heteroatoms. The van der Waals surface area contributed by atoms with E-state index in [-0.39, 0.29) is 0 Å². The molecule has 0 saturated heterocycles. The van der Waals surface area contributed by atoms with Crippen LogP contribution in [0, 0.1) is 6.92 Å². The average molecular weight is 184 g/mol. The molecule has 1 nitrogen and oxygen atoms in total. The summed E-state index contributed by atoms with van der Waals surface area (Å²) in [5, 5.41) is 0. The minimum absolute atomic E-state index is 0.597. The zero-order valence-corrected chi connectivity index (χ0v) is 8.52. The number of benzene rings is 1. The van der Waals surface area contributed by atoms with Gasteiger partial charge in [-0.15, -0.1) is 11.6 Å². The minimum atomic E-state index is 0.597. The van der Waals surface area contributed by atoms with Crippen molar-refractivity contribution in [3.63, 3.8) is 0 Å². The maximum Gasteiger partial charge on any atom is 0.0476 e. The number of nitrogens with zero attached hydrogens (tertiary/aromatic N) is 1. The number of alkyl halides is 1. The second-order valence-corrected chi connectivity index (χ2v) is 3.41. The Balaban J connectivity index is 3.02. The SMILES string of the molecule is Cc1cc(N(C)C)ccc1CCl. The first kappa shape index (κ1) is 9.40. The quantitative estimate of drug-likeness (QED) is 0.638. The summed E-state index contributed by atoms with van der Waals surface area (Å²) in [5.41, 5.74) is 3.69. The van der Waals surface area contributed by atoms with E-state index in [1.54, 1.807) is 0 Å². The van der Waals surface area contributed by atoms with Gasteiger partial charge in [-0.25, -0.2) is 0 Å². The van der Waals surface area contributed by atoms with E-state index in [4.69, 9.17) is 11.6 Å². The molecule has 0 aliphatic rings. The second-order valence-electron chi connectivity index (χ2n) is 3.14. The van der Waals surface area contributed by atoms with E-state index in [1.807, 2.05) is 14.1 Å². The Kier molecular flexibility index (Phi) is 2.99. The van der Waals surface area contributed by atoms with E-state index in [1.165, 1.54) is 16.8 Å². The highest BCUT2D eigenvalue weighted by Gasteiger charge is 1.99. The van der Waals surface area contributed by atoms with Crippen molar-refractivity contribution < 1.29 is 0 Å². The smallest absolute Gasteiger partial charge is 0.0476 e. The molecule has 0 fully saturated rings. The fourth-order valence-corrected chi connectivity index (χ4v) is 1.41. The van der Waals surface area contributed by atoms with Gasteiger partial charge in [-0.05, 0) is 30.2 Å². The Morgan fingerprint density at radius 1 is 1.33 bits per heavy atom. The lowest BCUT2D eigenvalue weighted by Gasteiger charge is -2.14. The van der Waals surface area contributed by atoms with Crippen LogP contribution in [0.5, 0.6) is 0 Å². The van der Waals surface area contributed by atoms with Crippen LogP contribution in [-0.4, -0.2) is 14.1 Å². The Hall–Kier alpha value is -0.690. The van der Waals surface area contributed by atoms with Crippen LogP contribution in [0.1, 0.15) is 11.1 Å². The van der Waals surface area contributed by atoms with Gasteiger partial charge in [-0.3, -0.25) is 0 Å². The summed E-state index contributed by atoms with van der Waals surface area (Å²) in [7, 11) is 4.07. The van der Waals surface area contributed by atoms with Gasteiger partial charge in [-0.1, -0.05) is 6.07 Å². The fourth-order valence-electron chi connectivity index (χ4n) is 1.11. The topological polar surface area (TPSA) is 3.24 Å². The van der Waals surface area contributed by atoms with Gasteiger partial charge in [0, 0.05) is 25.7 Å². The largest absolute Gasteiger partial charge is 0.378 e. The van der Waals surface area contributed by atoms with Gasteiger partial charge in [0.2, 0.25) is 0 Å². The molecule has 0 bridgehead atoms. The maximum absolute atomic E-state index is 5.75. The van der Waals surface area contributed by atoms with E-state index in [0.29, 0.717) is 5.88 Å². The van der Waals surface area contributed by atoms with Crippen molar-refractivity contribution in [2.45, 2.75) is 12.8 Å². The highest BCUT2D eigenvalue weighted by atomic mass is 35.5. The molecule has 0 aliphatic carbocycles. The fraction of sp³-hybridized carbons (Fsp3) is 0.400. The second kappa shape index (κ2) is 3.81. The lowest BCUT2D eigenvalue weighted by atomic mass is 10.1. The predicted octanol–water partition coefficient (Wildman–Crippen LogP) is 2.80. The molecule has 1 aromatic rings. The van der Waals surface area contributed by atoms with Gasteiger partial charge < -0.3 is 4.90 Å². The standard InChI is InChI=1S/C10H14ClN/c1-8-6-10(12(2)3)5-4-9(8)7-11/h4-6H,7H2,1-3H3. The molecule has 12 heavy (non-hydrogen) atoms. The first-order valence-electron chi connectivity index (χ1n) is 3.98. The molecule has 0 radical (unpaired) electrons. The van der Waals surface area contributed by atoms with Gasteiger partial charge >= 0.3 is 0 Å². The van der Waals surface area contributed by atoms with E-state index in [2.05, 4.69) is 30.0 Å². The van der Waals surface area contributed by atoms with Crippen LogP contribution >= 0.6 is 11.6 Å². The molecule has 0 amide bonds. The summed E-state index contributed by atoms with van der Waals surface area (Å²) in [6.45, 7) is 2.09. The van der Waals surface area contributed by atoms with Gasteiger partial charge in [0.1, 0.15) is 0 Å². The summed E-state index contributed by atoms with van der Waals surface area (Å²) in [4.78, 5) is 2.09. The van der Waals surface area contributed by atoms with Crippen molar-refractivity contribution in [1.29, 1.82) is 0 Å². The van der Waals surface area contributed by atoms with Crippen molar-refractivity contribution in [2.75, 3.05) is 19.0 Å². The average Bonchev–Trinajstić information content (AvgIpc) is 2.04. The summed E-state index contributed by atoms with van der Waals surface area (Å²) < 4.78 is 0. The summed E-state index contributed by atoms with van der Waals surface area (Å²) in [5.74, 6) is 0.597. The number of hydrogen-bond donors (Lipinski definition) is 0. The highest BCUT2D eigenvalue weighted by Crippen LogP contribution is 2.18. The molecule has 1 rings (SSSR count). The molecule has 0 aliphatic heterocycles. The first-order chi connectivity index (χ1) is 5.65. The van der Waals surface area contributed by atoms with Crippen molar-refractivity contribution in [1.82, 2.24) is 0 Å². The molecule has 0 spiro atoms. The lowest BCUT2D eigenvalue weighted by molar-refractivity contribution is 1.12. The van der Waals surface area contributed by atoms with Crippen molar-refractivity contribution in [3.8, 4) is 0 Å². The van der Waals surface area contributed by atoms with E-state index < -0.39 is 0 Å². The summed E-state index contributed by atoms with van der Waals surface area (Å²) in [6.07, 6.45) is 0. The van der Waals surface area contributed by atoms with E-state index in [9.17, 15) is 0 Å². The van der Waals surface area contributed by atoms with Crippen molar-refractivity contribution in [3.05, 3.63) is 29.3 Å². The number of halogens is 1. The highest BCUT2D eigenvalue weighted by molar-refractivity contribution is 6.17. The van der Waals surface area contributed by atoms with Crippen molar-refractivity contribution in [2.24, 2.45) is 0 Å². The Morgan fingerprint density at radius 2 is 2.00 bits per heavy atom. The van der Waals surface area contributed by atoms with Crippen LogP contribution in [0.2, 0.25) is 0 Å². The molecule has 0 heterocycles. The molecule has 0 saturated carbocycles. The first-order valence-corrected chi connectivity index (χ1v) is 4.51. The Labute approximate surface area is 79.0 Å². The zero-order valence-electron chi connectivity index (χ0n) is 7.76. The number of rotatable bonds is 2. The number of aryl methyl sites for hydroxylation is 1. The van der Waals surface area contributed by atoms with Gasteiger partial charge in [0.15, 0.2) is 0 Å². The zero-order chi connectivity index (χ0) is 9.14. The van der Waals surface area contributed by atoms with E-state index >= 15 is 0 Å². The molecule has 0 N–H and O–H groups in total. The van der Waals surface area contributed by atoms with Gasteiger partial charge in [-0.2, -0.15) is 0 Å². The van der Waals surface area contributed by atoms with Crippen LogP contribution in [0.25, 0.3) is 0 Å². The van der Waals surface area contributed by atoms with Crippen LogP contribution in [0.3, 0.4) is 0 Å². The Morgan fingerprint density at radius 3 is 2.42 bits per heavy atom. The molecular weight excluding hydrogens is 170 g/mol. The molecule has 1 aromatic carbocycles. The molecule has 0 atom stereocenters. The summed E-state index contributed by atoms with van der Waals surface area (Å²) >= 11 is 5.75. The molecule has 0 unspecified atom stereocenters. The van der Waals surface area contributed by atoms with Gasteiger partial charge in [0.05, 0.1) is 0 Å². The van der Waals surface area contributed by atoms with Crippen LogP contribution < -0.4 is 4.90 Å². The predicted molar refractivity (Wildman–Crippen MR) is 55.1 cm³/mol. The molecule has 0 aromatic heterocycles. The Bertz CT molecular complexity index is 269. The number of anilines is 1. The summed E-state index contributed by atoms with van der Waals surface area (Å²) in [6, 6.07) is 6.32. The van der Waals surface area contributed by atoms with Gasteiger partial charge in [0.25, 0.3) is 0 Å². The van der Waals surface area contributed by atoms with E-state index in [0.717, 1.165) is 0 Å². The normalized spacial score (nSPS) is 10.0. The third kappa shape index (κ3) is 1.92. The molecular formula is C10H14ClN. The van der Waals surface area contributed by atoms with Crippen LogP contribution in [0.4, 0.5) is 5.69 Å². The maximum atomic E-state index is 5.75.